The molecule has 0 aliphatic heterocycles. The molecule has 0 aliphatic rings. The van der Waals surface area contributed by atoms with E-state index >= 15 is 0 Å². The van der Waals surface area contributed by atoms with E-state index < -0.39 is 0 Å². The second-order valence-electron chi connectivity index (χ2n) is 8.69. The van der Waals surface area contributed by atoms with Crippen LogP contribution >= 0.6 is 0 Å². The van der Waals surface area contributed by atoms with E-state index in [1.54, 1.807) is 9.80 Å². The van der Waals surface area contributed by atoms with Crippen LogP contribution in [0.4, 0.5) is 0 Å². The van der Waals surface area contributed by atoms with Crippen molar-refractivity contribution < 1.29 is 19.1 Å². The minimum absolute atomic E-state index is 0.00306. The van der Waals surface area contributed by atoms with Gasteiger partial charge < -0.3 is 23.8 Å². The Balaban J connectivity index is 1.67. The number of carbonyl (C=O) groups excluding carboxylic acids is 2. The van der Waals surface area contributed by atoms with Crippen LogP contribution in [0.5, 0.6) is 0 Å². The zero-order chi connectivity index (χ0) is 25.6. The standard InChI is InChI=1S/C29H37N3O4/c1-3-35-19-11-18-31(29(34)24-36-23-26-14-8-5-9-15-26)22-28(33)32(20-25-12-6-4-7-13-25)21-27-16-10-17-30(27)2/h4-10,12-17H,3,11,18-24H2,1-2H3. The number of amides is 2. The molecule has 0 unspecified atom stereocenters. The molecule has 7 heteroatoms. The summed E-state index contributed by atoms with van der Waals surface area (Å²) in [6.07, 6.45) is 2.62. The highest BCUT2D eigenvalue weighted by Gasteiger charge is 2.22. The van der Waals surface area contributed by atoms with Crippen molar-refractivity contribution in [1.29, 1.82) is 0 Å². The van der Waals surface area contributed by atoms with Crippen LogP contribution in [0.25, 0.3) is 0 Å². The van der Waals surface area contributed by atoms with Gasteiger partial charge in [0.25, 0.3) is 0 Å². The third-order valence-electron chi connectivity index (χ3n) is 5.91. The summed E-state index contributed by atoms with van der Waals surface area (Å²) in [5.41, 5.74) is 3.07. The number of benzene rings is 2. The fourth-order valence-corrected chi connectivity index (χ4v) is 3.87. The summed E-state index contributed by atoms with van der Waals surface area (Å²) in [5.74, 6) is -0.304. The summed E-state index contributed by atoms with van der Waals surface area (Å²) in [7, 11) is 1.97. The van der Waals surface area contributed by atoms with Crippen LogP contribution in [0.15, 0.2) is 79.0 Å². The molecule has 0 saturated carbocycles. The van der Waals surface area contributed by atoms with Gasteiger partial charge in [0, 0.05) is 45.2 Å². The summed E-state index contributed by atoms with van der Waals surface area (Å²) in [4.78, 5) is 30.0. The molecule has 0 aliphatic carbocycles. The molecule has 0 N–H and O–H groups in total. The van der Waals surface area contributed by atoms with E-state index in [4.69, 9.17) is 9.47 Å². The van der Waals surface area contributed by atoms with E-state index in [9.17, 15) is 9.59 Å². The lowest BCUT2D eigenvalue weighted by molar-refractivity contribution is -0.144. The molecule has 2 aromatic carbocycles. The molecule has 3 rings (SSSR count). The number of hydrogen-bond acceptors (Lipinski definition) is 4. The third kappa shape index (κ3) is 8.98. The van der Waals surface area contributed by atoms with Crippen LogP contribution < -0.4 is 0 Å². The Labute approximate surface area is 214 Å². The van der Waals surface area contributed by atoms with Crippen LogP contribution in [0.1, 0.15) is 30.2 Å². The third-order valence-corrected chi connectivity index (χ3v) is 5.91. The fraction of sp³-hybridized carbons (Fsp3) is 0.379. The molecule has 0 spiro atoms. The number of aromatic nitrogens is 1. The van der Waals surface area contributed by atoms with Crippen molar-refractivity contribution in [2.75, 3.05) is 32.9 Å². The maximum atomic E-state index is 13.5. The van der Waals surface area contributed by atoms with Gasteiger partial charge in [-0.3, -0.25) is 9.59 Å². The lowest BCUT2D eigenvalue weighted by atomic mass is 10.2. The second kappa shape index (κ2) is 14.9. The Morgan fingerprint density at radius 2 is 1.50 bits per heavy atom. The topological polar surface area (TPSA) is 64.0 Å². The average Bonchev–Trinajstić information content (AvgIpc) is 3.30. The predicted octanol–water partition coefficient (Wildman–Crippen LogP) is 4.03. The number of ether oxygens (including phenoxy) is 2. The van der Waals surface area contributed by atoms with Gasteiger partial charge in [-0.15, -0.1) is 0 Å². The summed E-state index contributed by atoms with van der Waals surface area (Å²) >= 11 is 0. The van der Waals surface area contributed by atoms with Crippen molar-refractivity contribution in [3.63, 3.8) is 0 Å². The van der Waals surface area contributed by atoms with Crippen molar-refractivity contribution in [2.45, 2.75) is 33.0 Å². The molecule has 7 nitrogen and oxygen atoms in total. The number of nitrogens with zero attached hydrogens (tertiary/aromatic N) is 3. The van der Waals surface area contributed by atoms with Crippen molar-refractivity contribution in [3.05, 3.63) is 95.8 Å². The zero-order valence-electron chi connectivity index (χ0n) is 21.3. The molecule has 192 valence electrons. The van der Waals surface area contributed by atoms with Crippen molar-refractivity contribution >= 4 is 11.8 Å². The van der Waals surface area contributed by atoms with Crippen LogP contribution in [0.3, 0.4) is 0 Å². The Morgan fingerprint density at radius 3 is 2.14 bits per heavy atom. The molecular weight excluding hydrogens is 454 g/mol. The van der Waals surface area contributed by atoms with Gasteiger partial charge in [0.15, 0.2) is 0 Å². The number of rotatable bonds is 15. The first-order chi connectivity index (χ1) is 17.6. The molecule has 1 heterocycles. The van der Waals surface area contributed by atoms with E-state index in [-0.39, 0.29) is 25.0 Å². The van der Waals surface area contributed by atoms with E-state index in [1.807, 2.05) is 97.5 Å². The van der Waals surface area contributed by atoms with E-state index in [1.165, 1.54) is 0 Å². The first kappa shape index (κ1) is 27.2. The first-order valence-corrected chi connectivity index (χ1v) is 12.5. The molecule has 36 heavy (non-hydrogen) atoms. The highest BCUT2D eigenvalue weighted by atomic mass is 16.5. The molecule has 1 aromatic heterocycles. The minimum Gasteiger partial charge on any atom is -0.382 e. The minimum atomic E-state index is -0.200. The largest absolute Gasteiger partial charge is 0.382 e. The number of aryl methyl sites for hydroxylation is 1. The van der Waals surface area contributed by atoms with Gasteiger partial charge in [-0.1, -0.05) is 60.7 Å². The van der Waals surface area contributed by atoms with E-state index in [0.29, 0.717) is 45.9 Å². The van der Waals surface area contributed by atoms with E-state index in [0.717, 1.165) is 16.8 Å². The fourth-order valence-electron chi connectivity index (χ4n) is 3.87. The summed E-state index contributed by atoms with van der Waals surface area (Å²) in [6.45, 7) is 4.73. The Hall–Kier alpha value is -3.42. The van der Waals surface area contributed by atoms with Crippen LogP contribution in [0, 0.1) is 0 Å². The SMILES string of the molecule is CCOCCCN(CC(=O)N(Cc1ccccc1)Cc1cccn1C)C(=O)COCc1ccccc1. The smallest absolute Gasteiger partial charge is 0.249 e. The molecule has 0 saturated heterocycles. The Bertz CT molecular complexity index is 1050. The quantitative estimate of drug-likeness (QED) is 0.301. The van der Waals surface area contributed by atoms with Gasteiger partial charge in [-0.25, -0.2) is 0 Å². The van der Waals surface area contributed by atoms with Crippen LogP contribution in [-0.2, 0) is 45.8 Å². The van der Waals surface area contributed by atoms with Gasteiger partial charge in [0.1, 0.15) is 6.61 Å². The predicted molar refractivity (Wildman–Crippen MR) is 140 cm³/mol. The summed E-state index contributed by atoms with van der Waals surface area (Å²) < 4.78 is 13.1. The monoisotopic (exact) mass is 491 g/mol. The molecule has 0 bridgehead atoms. The Kier molecular flexibility index (Phi) is 11.2. The summed E-state index contributed by atoms with van der Waals surface area (Å²) in [6, 6.07) is 23.6. The van der Waals surface area contributed by atoms with E-state index in [2.05, 4.69) is 0 Å². The van der Waals surface area contributed by atoms with Crippen LogP contribution in [-0.4, -0.2) is 59.1 Å². The number of hydrogen-bond donors (Lipinski definition) is 0. The van der Waals surface area contributed by atoms with Crippen molar-refractivity contribution in [2.24, 2.45) is 7.05 Å². The maximum absolute atomic E-state index is 13.5. The highest BCUT2D eigenvalue weighted by Crippen LogP contribution is 2.12. The molecule has 0 fully saturated rings. The second-order valence-corrected chi connectivity index (χ2v) is 8.69. The molecule has 2 amide bonds. The first-order valence-electron chi connectivity index (χ1n) is 12.5. The molecule has 0 radical (unpaired) electrons. The Morgan fingerprint density at radius 1 is 0.806 bits per heavy atom. The van der Waals surface area contributed by atoms with Gasteiger partial charge in [-0.05, 0) is 36.6 Å². The average molecular weight is 492 g/mol. The highest BCUT2D eigenvalue weighted by molar-refractivity contribution is 5.85. The molecule has 0 atom stereocenters. The van der Waals surface area contributed by atoms with Crippen LogP contribution in [0.2, 0.25) is 0 Å². The lowest BCUT2D eigenvalue weighted by Crippen LogP contribution is -2.44. The normalized spacial score (nSPS) is 10.8. The lowest BCUT2D eigenvalue weighted by Gasteiger charge is -2.28. The van der Waals surface area contributed by atoms with Gasteiger partial charge in [0.05, 0.1) is 19.7 Å². The van der Waals surface area contributed by atoms with Gasteiger partial charge in [0.2, 0.25) is 11.8 Å². The number of carbonyl (C=O) groups is 2. The van der Waals surface area contributed by atoms with Crippen molar-refractivity contribution in [1.82, 2.24) is 14.4 Å². The maximum Gasteiger partial charge on any atom is 0.249 e. The van der Waals surface area contributed by atoms with Gasteiger partial charge >= 0.3 is 0 Å². The van der Waals surface area contributed by atoms with Gasteiger partial charge in [-0.2, -0.15) is 0 Å². The zero-order valence-corrected chi connectivity index (χ0v) is 21.3. The summed E-state index contributed by atoms with van der Waals surface area (Å²) in [5, 5.41) is 0. The molecule has 3 aromatic rings. The molecular formula is C29H37N3O4. The van der Waals surface area contributed by atoms with Crippen molar-refractivity contribution in [3.8, 4) is 0 Å².